The zero-order valence-corrected chi connectivity index (χ0v) is 14.2. The summed E-state index contributed by atoms with van der Waals surface area (Å²) in [5.41, 5.74) is 3.12. The van der Waals surface area contributed by atoms with Crippen LogP contribution in [0, 0.1) is 0 Å². The van der Waals surface area contributed by atoms with E-state index >= 15 is 0 Å². The molecule has 0 aromatic heterocycles. The van der Waals surface area contributed by atoms with Gasteiger partial charge in [-0.3, -0.25) is 4.79 Å². The Kier molecular flexibility index (Phi) is 4.49. The van der Waals surface area contributed by atoms with Crippen LogP contribution >= 0.6 is 11.6 Å². The predicted molar refractivity (Wildman–Crippen MR) is 93.3 cm³/mol. The number of ether oxygens (including phenoxy) is 2. The van der Waals surface area contributed by atoms with Crippen LogP contribution in [0.3, 0.4) is 0 Å². The van der Waals surface area contributed by atoms with E-state index in [1.165, 1.54) is 7.11 Å². The molecule has 5 heteroatoms. The first kappa shape index (κ1) is 16.4. The molecule has 0 radical (unpaired) electrons. The van der Waals surface area contributed by atoms with Crippen molar-refractivity contribution < 1.29 is 19.4 Å². The number of ketones is 1. The molecule has 0 aliphatic heterocycles. The van der Waals surface area contributed by atoms with E-state index in [-0.39, 0.29) is 22.3 Å². The SMILES string of the molecule is COc1ccc2c(c1)CC/C(=C\c1cc(Cl)c(O)c(OC)c1)C2=O. The third kappa shape index (κ3) is 2.97. The van der Waals surface area contributed by atoms with Crippen LogP contribution in [-0.4, -0.2) is 25.1 Å². The van der Waals surface area contributed by atoms with E-state index in [1.807, 2.05) is 6.07 Å². The molecule has 4 nitrogen and oxygen atoms in total. The number of carbonyl (C=O) groups is 1. The van der Waals surface area contributed by atoms with E-state index in [0.29, 0.717) is 17.6 Å². The molecule has 3 rings (SSSR count). The van der Waals surface area contributed by atoms with Crippen molar-refractivity contribution in [2.45, 2.75) is 12.8 Å². The molecular weight excluding hydrogens is 328 g/mol. The van der Waals surface area contributed by atoms with Crippen LogP contribution in [0.15, 0.2) is 35.9 Å². The maximum absolute atomic E-state index is 12.7. The van der Waals surface area contributed by atoms with Gasteiger partial charge in [0.05, 0.1) is 19.2 Å². The topological polar surface area (TPSA) is 55.8 Å². The van der Waals surface area contributed by atoms with Crippen molar-refractivity contribution in [2.75, 3.05) is 14.2 Å². The van der Waals surface area contributed by atoms with E-state index in [4.69, 9.17) is 21.1 Å². The number of benzene rings is 2. The van der Waals surface area contributed by atoms with Gasteiger partial charge in [-0.1, -0.05) is 11.6 Å². The minimum absolute atomic E-state index is 0.00191. The summed E-state index contributed by atoms with van der Waals surface area (Å²) < 4.78 is 10.3. The van der Waals surface area contributed by atoms with E-state index in [0.717, 1.165) is 23.3 Å². The Bertz CT molecular complexity index is 840. The number of allylic oxidation sites excluding steroid dienone is 1. The van der Waals surface area contributed by atoms with Crippen molar-refractivity contribution in [2.24, 2.45) is 0 Å². The maximum atomic E-state index is 12.7. The molecule has 2 aromatic rings. The zero-order chi connectivity index (χ0) is 17.3. The van der Waals surface area contributed by atoms with E-state index in [1.54, 1.807) is 37.5 Å². The summed E-state index contributed by atoms with van der Waals surface area (Å²) in [6, 6.07) is 8.77. The van der Waals surface area contributed by atoms with Gasteiger partial charge >= 0.3 is 0 Å². The molecule has 124 valence electrons. The summed E-state index contributed by atoms with van der Waals surface area (Å²) in [5, 5.41) is 9.99. The lowest BCUT2D eigenvalue weighted by Crippen LogP contribution is -2.14. The van der Waals surface area contributed by atoms with Gasteiger partial charge in [-0.15, -0.1) is 0 Å². The molecule has 0 unspecified atom stereocenters. The molecule has 0 bridgehead atoms. The average molecular weight is 345 g/mol. The Balaban J connectivity index is 1.97. The number of phenols is 1. The number of methoxy groups -OCH3 is 2. The lowest BCUT2D eigenvalue weighted by molar-refractivity contribution is 0.102. The number of rotatable bonds is 3. The second-order valence-corrected chi connectivity index (χ2v) is 5.98. The Morgan fingerprint density at radius 2 is 1.92 bits per heavy atom. The molecular formula is C19H17ClO4. The highest BCUT2D eigenvalue weighted by atomic mass is 35.5. The molecule has 0 saturated carbocycles. The molecule has 1 aliphatic carbocycles. The van der Waals surface area contributed by atoms with Crippen LogP contribution in [0.25, 0.3) is 6.08 Å². The molecule has 2 aromatic carbocycles. The van der Waals surface area contributed by atoms with Gasteiger partial charge in [0.1, 0.15) is 5.75 Å². The van der Waals surface area contributed by atoms with Gasteiger partial charge in [-0.2, -0.15) is 0 Å². The van der Waals surface area contributed by atoms with Crippen LogP contribution < -0.4 is 9.47 Å². The van der Waals surface area contributed by atoms with Gasteiger partial charge in [0, 0.05) is 11.1 Å². The molecule has 0 spiro atoms. The van der Waals surface area contributed by atoms with Gasteiger partial charge in [0.2, 0.25) is 0 Å². The highest BCUT2D eigenvalue weighted by Gasteiger charge is 2.22. The fourth-order valence-corrected chi connectivity index (χ4v) is 3.07. The minimum atomic E-state index is -0.103. The van der Waals surface area contributed by atoms with Crippen LogP contribution in [0.5, 0.6) is 17.2 Å². The monoisotopic (exact) mass is 344 g/mol. The number of Topliss-reactive ketones (excluding diaryl/α,β-unsaturated/α-hetero) is 1. The van der Waals surface area contributed by atoms with Crippen LogP contribution in [0.1, 0.15) is 27.9 Å². The number of aromatic hydroxyl groups is 1. The fraction of sp³-hybridized carbons (Fsp3) is 0.211. The van der Waals surface area contributed by atoms with Crippen molar-refractivity contribution in [3.8, 4) is 17.2 Å². The van der Waals surface area contributed by atoms with Crippen LogP contribution in [-0.2, 0) is 6.42 Å². The Hall–Kier alpha value is -2.46. The quantitative estimate of drug-likeness (QED) is 0.844. The van der Waals surface area contributed by atoms with Crippen molar-refractivity contribution >= 4 is 23.5 Å². The maximum Gasteiger partial charge on any atom is 0.189 e. The lowest BCUT2D eigenvalue weighted by Gasteiger charge is -2.18. The fourth-order valence-electron chi connectivity index (χ4n) is 2.85. The van der Waals surface area contributed by atoms with Gasteiger partial charge in [-0.05, 0) is 60.4 Å². The van der Waals surface area contributed by atoms with Gasteiger partial charge in [0.15, 0.2) is 17.3 Å². The highest BCUT2D eigenvalue weighted by molar-refractivity contribution is 6.32. The van der Waals surface area contributed by atoms with Crippen molar-refractivity contribution in [3.63, 3.8) is 0 Å². The zero-order valence-electron chi connectivity index (χ0n) is 13.4. The first-order valence-electron chi connectivity index (χ1n) is 7.52. The second kappa shape index (κ2) is 6.57. The third-order valence-electron chi connectivity index (χ3n) is 4.12. The molecule has 0 saturated heterocycles. The third-order valence-corrected chi connectivity index (χ3v) is 4.41. The second-order valence-electron chi connectivity index (χ2n) is 5.58. The minimum Gasteiger partial charge on any atom is -0.503 e. The van der Waals surface area contributed by atoms with E-state index in [9.17, 15) is 9.90 Å². The van der Waals surface area contributed by atoms with Gasteiger partial charge in [0.25, 0.3) is 0 Å². The van der Waals surface area contributed by atoms with Crippen molar-refractivity contribution in [1.29, 1.82) is 0 Å². The normalized spacial score (nSPS) is 15.3. The highest BCUT2D eigenvalue weighted by Crippen LogP contribution is 2.36. The van der Waals surface area contributed by atoms with Gasteiger partial charge < -0.3 is 14.6 Å². The first-order valence-corrected chi connectivity index (χ1v) is 7.90. The molecule has 0 atom stereocenters. The lowest BCUT2D eigenvalue weighted by atomic mass is 9.86. The predicted octanol–water partition coefficient (Wildman–Crippen LogP) is 4.28. The Labute approximate surface area is 145 Å². The molecule has 0 fully saturated rings. The molecule has 24 heavy (non-hydrogen) atoms. The summed E-state index contributed by atoms with van der Waals surface area (Å²) in [5.74, 6) is 0.933. The van der Waals surface area contributed by atoms with Crippen molar-refractivity contribution in [1.82, 2.24) is 0 Å². The smallest absolute Gasteiger partial charge is 0.189 e. The number of aryl methyl sites for hydroxylation is 1. The summed E-state index contributed by atoms with van der Waals surface area (Å²) >= 11 is 6.01. The van der Waals surface area contributed by atoms with Crippen LogP contribution in [0.4, 0.5) is 0 Å². The summed E-state index contributed by atoms with van der Waals surface area (Å²) in [7, 11) is 3.07. The van der Waals surface area contributed by atoms with Gasteiger partial charge in [-0.25, -0.2) is 0 Å². The number of hydrogen-bond acceptors (Lipinski definition) is 4. The number of phenolic OH excluding ortho intramolecular Hbond substituents is 1. The molecule has 0 heterocycles. The number of carbonyl (C=O) groups excluding carboxylic acids is 1. The number of halogens is 1. The summed E-state index contributed by atoms with van der Waals surface area (Å²) in [4.78, 5) is 12.7. The standard InChI is InChI=1S/C19H17ClO4/c1-23-14-5-6-15-12(10-14)3-4-13(18(15)21)7-11-8-16(20)19(22)17(9-11)24-2/h5-10,22H,3-4H2,1-2H3/b13-7+. The number of hydrogen-bond donors (Lipinski definition) is 1. The Morgan fingerprint density at radius 1 is 1.12 bits per heavy atom. The first-order chi connectivity index (χ1) is 11.5. The van der Waals surface area contributed by atoms with Crippen LogP contribution in [0.2, 0.25) is 5.02 Å². The molecule has 1 N–H and O–H groups in total. The Morgan fingerprint density at radius 3 is 2.62 bits per heavy atom. The summed E-state index contributed by atoms with van der Waals surface area (Å²) in [6.07, 6.45) is 3.20. The van der Waals surface area contributed by atoms with E-state index in [2.05, 4.69) is 0 Å². The average Bonchev–Trinajstić information content (AvgIpc) is 2.60. The largest absolute Gasteiger partial charge is 0.503 e. The molecule has 1 aliphatic rings. The molecule has 0 amide bonds. The van der Waals surface area contributed by atoms with Crippen molar-refractivity contribution in [3.05, 3.63) is 57.6 Å². The summed E-state index contributed by atoms with van der Waals surface area (Å²) in [6.45, 7) is 0. The van der Waals surface area contributed by atoms with E-state index < -0.39 is 0 Å². The number of fused-ring (bicyclic) bond motifs is 1.